The van der Waals surface area contributed by atoms with Crippen LogP contribution in [0.15, 0.2) is 65.1 Å². The molecule has 0 aliphatic carbocycles. The average Bonchev–Trinajstić information content (AvgIpc) is 3.00. The minimum absolute atomic E-state index is 0.0216. The molecule has 214 valence electrons. The lowest BCUT2D eigenvalue weighted by Crippen LogP contribution is -2.50. The van der Waals surface area contributed by atoms with E-state index in [-0.39, 0.29) is 29.0 Å². The number of nitrogens with zero attached hydrogens (tertiary/aromatic N) is 2. The van der Waals surface area contributed by atoms with Crippen LogP contribution in [0.4, 0.5) is 0 Å². The van der Waals surface area contributed by atoms with E-state index in [1.54, 1.807) is 66.6 Å². The molecule has 0 spiro atoms. The van der Waals surface area contributed by atoms with Gasteiger partial charge in [0.05, 0.1) is 28.4 Å². The number of methoxy groups -OCH3 is 4. The number of fused-ring (bicyclic) bond motifs is 4. The number of amides is 2. The Labute approximate surface area is 238 Å². The zero-order valence-electron chi connectivity index (χ0n) is 23.5. The molecule has 1 N–H and O–H groups in total. The van der Waals surface area contributed by atoms with Crippen molar-refractivity contribution in [1.29, 1.82) is 0 Å². The lowest BCUT2D eigenvalue weighted by molar-refractivity contribution is -0.130. The Hall–Kier alpha value is -4.73. The second-order valence-corrected chi connectivity index (χ2v) is 10.1. The first-order valence-electron chi connectivity index (χ1n) is 13.3. The molecule has 0 unspecified atom stereocenters. The topological polar surface area (TPSA) is 108 Å². The number of benzene rings is 2. The van der Waals surface area contributed by atoms with Gasteiger partial charge in [-0.05, 0) is 66.4 Å². The third kappa shape index (κ3) is 5.63. The van der Waals surface area contributed by atoms with Gasteiger partial charge in [0.15, 0.2) is 11.5 Å². The van der Waals surface area contributed by atoms with E-state index < -0.39 is 5.91 Å². The highest BCUT2D eigenvalue weighted by atomic mass is 16.5. The summed E-state index contributed by atoms with van der Waals surface area (Å²) < 4.78 is 23.4. The Morgan fingerprint density at radius 1 is 0.878 bits per heavy atom. The smallest absolute Gasteiger partial charge is 0.270 e. The number of piperidine rings is 1. The molecule has 2 bridgehead atoms. The summed E-state index contributed by atoms with van der Waals surface area (Å²) in [4.78, 5) is 41.6. The van der Waals surface area contributed by atoms with Crippen molar-refractivity contribution in [3.63, 3.8) is 0 Å². The van der Waals surface area contributed by atoms with Crippen LogP contribution in [-0.4, -0.2) is 62.8 Å². The van der Waals surface area contributed by atoms with Gasteiger partial charge < -0.3 is 33.7 Å². The zero-order valence-corrected chi connectivity index (χ0v) is 23.5. The fraction of sp³-hybridized carbons (Fsp3) is 0.323. The first kappa shape index (κ1) is 27.8. The molecule has 2 aromatic carbocycles. The van der Waals surface area contributed by atoms with Gasteiger partial charge in [0.2, 0.25) is 5.75 Å². The maximum atomic E-state index is 14.1. The number of pyridine rings is 1. The van der Waals surface area contributed by atoms with Gasteiger partial charge in [0.1, 0.15) is 11.4 Å². The summed E-state index contributed by atoms with van der Waals surface area (Å²) in [5, 5.41) is 2.84. The Kier molecular flexibility index (Phi) is 8.00. The highest BCUT2D eigenvalue weighted by Gasteiger charge is 2.37. The van der Waals surface area contributed by atoms with Crippen LogP contribution in [0.1, 0.15) is 34.0 Å². The van der Waals surface area contributed by atoms with Crippen molar-refractivity contribution in [1.82, 2.24) is 14.8 Å². The number of aromatic nitrogens is 1. The summed E-state index contributed by atoms with van der Waals surface area (Å²) in [6, 6.07) is 15.3. The van der Waals surface area contributed by atoms with Gasteiger partial charge >= 0.3 is 0 Å². The molecule has 3 heterocycles. The summed E-state index contributed by atoms with van der Waals surface area (Å²) in [5.41, 5.74) is 1.96. The second-order valence-electron chi connectivity index (χ2n) is 10.1. The summed E-state index contributed by atoms with van der Waals surface area (Å²) in [6.45, 7) is 1.46. The van der Waals surface area contributed by atoms with Gasteiger partial charge in [-0.25, -0.2) is 0 Å². The highest BCUT2D eigenvalue weighted by Crippen LogP contribution is 2.39. The van der Waals surface area contributed by atoms with Crippen LogP contribution in [0.5, 0.6) is 23.0 Å². The monoisotopic (exact) mass is 559 g/mol. The lowest BCUT2D eigenvalue weighted by atomic mass is 9.83. The van der Waals surface area contributed by atoms with Crippen LogP contribution in [-0.2, 0) is 11.3 Å². The fourth-order valence-corrected chi connectivity index (χ4v) is 5.67. The molecule has 3 aromatic rings. The van der Waals surface area contributed by atoms with Crippen molar-refractivity contribution in [3.8, 4) is 23.0 Å². The molecule has 41 heavy (non-hydrogen) atoms. The second kappa shape index (κ2) is 11.8. The van der Waals surface area contributed by atoms with Crippen molar-refractivity contribution in [3.05, 3.63) is 87.5 Å². The first-order valence-corrected chi connectivity index (χ1v) is 13.3. The molecule has 1 saturated heterocycles. The third-order valence-corrected chi connectivity index (χ3v) is 7.60. The van der Waals surface area contributed by atoms with Crippen molar-refractivity contribution in [2.75, 3.05) is 41.5 Å². The van der Waals surface area contributed by atoms with Crippen LogP contribution in [0.2, 0.25) is 0 Å². The third-order valence-electron chi connectivity index (χ3n) is 7.60. The first-order chi connectivity index (χ1) is 19.8. The molecule has 2 atom stereocenters. The molecular weight excluding hydrogens is 526 g/mol. The largest absolute Gasteiger partial charge is 0.497 e. The van der Waals surface area contributed by atoms with Crippen LogP contribution < -0.4 is 29.8 Å². The van der Waals surface area contributed by atoms with E-state index in [9.17, 15) is 14.4 Å². The number of carbonyl (C=O) groups is 2. The van der Waals surface area contributed by atoms with Gasteiger partial charge in [0.25, 0.3) is 17.4 Å². The maximum Gasteiger partial charge on any atom is 0.270 e. The minimum atomic E-state index is -0.436. The van der Waals surface area contributed by atoms with E-state index in [2.05, 4.69) is 5.32 Å². The molecular formula is C31H33N3O7. The maximum absolute atomic E-state index is 14.1. The quantitative estimate of drug-likeness (QED) is 0.422. The number of nitrogens with one attached hydrogen (secondary N) is 1. The summed E-state index contributed by atoms with van der Waals surface area (Å²) in [7, 11) is 6.09. The molecule has 2 amide bonds. The Morgan fingerprint density at radius 2 is 1.59 bits per heavy atom. The van der Waals surface area contributed by atoms with Crippen molar-refractivity contribution >= 4 is 17.9 Å². The Bertz CT molecular complexity index is 1520. The minimum Gasteiger partial charge on any atom is -0.497 e. The van der Waals surface area contributed by atoms with Crippen LogP contribution in [0.3, 0.4) is 0 Å². The van der Waals surface area contributed by atoms with E-state index in [4.69, 9.17) is 18.9 Å². The number of rotatable bonds is 8. The molecule has 5 rings (SSSR count). The predicted molar refractivity (Wildman–Crippen MR) is 153 cm³/mol. The molecule has 2 aliphatic heterocycles. The van der Waals surface area contributed by atoms with Crippen LogP contribution >= 0.6 is 0 Å². The molecule has 2 aliphatic rings. The fourth-order valence-electron chi connectivity index (χ4n) is 5.67. The highest BCUT2D eigenvalue weighted by molar-refractivity contribution is 6.05. The van der Waals surface area contributed by atoms with Gasteiger partial charge in [0, 0.05) is 42.9 Å². The average molecular weight is 560 g/mol. The van der Waals surface area contributed by atoms with Crippen molar-refractivity contribution < 1.29 is 28.5 Å². The number of carbonyl (C=O) groups excluding carboxylic acids is 2. The number of likely N-dealkylation sites (tertiary alicyclic amines) is 1. The molecule has 10 heteroatoms. The van der Waals surface area contributed by atoms with Gasteiger partial charge in [-0.15, -0.1) is 0 Å². The van der Waals surface area contributed by atoms with Crippen LogP contribution in [0.25, 0.3) is 6.08 Å². The van der Waals surface area contributed by atoms with Crippen LogP contribution in [0, 0.1) is 5.92 Å². The van der Waals surface area contributed by atoms with E-state index in [1.165, 1.54) is 21.3 Å². The normalized spacial score (nSPS) is 17.8. The van der Waals surface area contributed by atoms with E-state index in [0.29, 0.717) is 53.8 Å². The molecule has 10 nitrogen and oxygen atoms in total. The van der Waals surface area contributed by atoms with Crippen molar-refractivity contribution in [2.24, 2.45) is 5.92 Å². The summed E-state index contributed by atoms with van der Waals surface area (Å²) in [5.74, 6) is 1.27. The van der Waals surface area contributed by atoms with E-state index in [1.807, 2.05) is 10.6 Å². The van der Waals surface area contributed by atoms with E-state index in [0.717, 1.165) is 12.1 Å². The van der Waals surface area contributed by atoms with E-state index >= 15 is 0 Å². The number of ether oxygens (including phenoxy) is 4. The SMILES string of the molecule is COc1ccc(C(=O)N/C(=C\c2cc(OC)c(OC)c(OC)c2)C(=O)N2C[C@H]3C[C@@H](C2)c2cccc(=O)n2C3)cc1. The molecule has 1 aromatic heterocycles. The standard InChI is InChI=1S/C31H33N3O7/c1-38-23-10-8-21(9-11-23)30(36)32-24(13-19-14-26(39-2)29(41-4)27(15-19)40-3)31(37)33-16-20-12-22(18-33)25-6-5-7-28(35)34(25)17-20/h5-11,13-15,20,22H,12,16-18H2,1-4H3,(H,32,36)/b24-13-/t20-,22+/m1/s1. The molecule has 1 fully saturated rings. The summed E-state index contributed by atoms with van der Waals surface area (Å²) in [6.07, 6.45) is 2.51. The molecule has 0 saturated carbocycles. The number of hydrogen-bond acceptors (Lipinski definition) is 7. The van der Waals surface area contributed by atoms with Gasteiger partial charge in [-0.2, -0.15) is 0 Å². The Balaban J connectivity index is 1.50. The zero-order chi connectivity index (χ0) is 29.1. The van der Waals surface area contributed by atoms with Gasteiger partial charge in [-0.1, -0.05) is 6.07 Å². The van der Waals surface area contributed by atoms with Gasteiger partial charge in [-0.3, -0.25) is 14.4 Å². The predicted octanol–water partition coefficient (Wildman–Crippen LogP) is 3.30. The Morgan fingerprint density at radius 3 is 2.22 bits per heavy atom. The summed E-state index contributed by atoms with van der Waals surface area (Å²) >= 11 is 0. The lowest BCUT2D eigenvalue weighted by Gasteiger charge is -2.43. The van der Waals surface area contributed by atoms with Crippen molar-refractivity contribution in [2.45, 2.75) is 18.9 Å². The number of hydrogen-bond donors (Lipinski definition) is 1. The molecule has 0 radical (unpaired) electrons.